The molecule has 0 aliphatic heterocycles. The Morgan fingerprint density at radius 3 is 2.20 bits per heavy atom. The van der Waals surface area contributed by atoms with Gasteiger partial charge in [-0.3, -0.25) is 0 Å². The van der Waals surface area contributed by atoms with Crippen LogP contribution in [0.1, 0.15) is 33.6 Å². The van der Waals surface area contributed by atoms with Crippen LogP contribution in [0.15, 0.2) is 0 Å². The second-order valence-corrected chi connectivity index (χ2v) is 2.96. The minimum atomic E-state index is -0.603. The van der Waals surface area contributed by atoms with Crippen LogP contribution in [0.3, 0.4) is 0 Å². The summed E-state index contributed by atoms with van der Waals surface area (Å²) in [6.07, 6.45) is 0.761. The van der Waals surface area contributed by atoms with Crippen LogP contribution in [0.5, 0.6) is 0 Å². The van der Waals surface area contributed by atoms with E-state index in [2.05, 4.69) is 10.1 Å². The number of hydrogen-bond donors (Lipinski definition) is 1. The number of ether oxygens (including phenoxy) is 2. The molecule has 5 heteroatoms. The van der Waals surface area contributed by atoms with E-state index in [0.717, 1.165) is 6.42 Å². The minimum Gasteiger partial charge on any atom is -0.464 e. The lowest BCUT2D eigenvalue weighted by Gasteiger charge is -2.15. The molecule has 0 aliphatic carbocycles. The highest BCUT2D eigenvalue weighted by atomic mass is 16.6. The number of nitrogens with one attached hydrogen (secondary N) is 1. The zero-order valence-electron chi connectivity index (χ0n) is 9.54. The Morgan fingerprint density at radius 1 is 1.13 bits per heavy atom. The molecule has 0 aromatic carbocycles. The monoisotopic (exact) mass is 217 g/mol. The lowest BCUT2D eigenvalue weighted by atomic mass is 10.2. The molecule has 0 aromatic rings. The predicted molar refractivity (Wildman–Crippen MR) is 55.5 cm³/mol. The molecule has 1 amide bonds. The van der Waals surface area contributed by atoms with Gasteiger partial charge < -0.3 is 14.8 Å². The van der Waals surface area contributed by atoms with E-state index in [1.807, 2.05) is 6.92 Å². The Morgan fingerprint density at radius 2 is 1.73 bits per heavy atom. The Kier molecular flexibility index (Phi) is 7.40. The van der Waals surface area contributed by atoms with E-state index in [1.165, 1.54) is 0 Å². The van der Waals surface area contributed by atoms with Crippen LogP contribution in [-0.2, 0) is 14.3 Å². The average molecular weight is 217 g/mol. The van der Waals surface area contributed by atoms with Crippen molar-refractivity contribution in [2.75, 3.05) is 13.2 Å². The summed E-state index contributed by atoms with van der Waals surface area (Å²) in [5, 5.41) is 2.47. The van der Waals surface area contributed by atoms with Gasteiger partial charge in [0, 0.05) is 0 Å². The fourth-order valence-electron chi connectivity index (χ4n) is 1.10. The molecule has 0 fully saturated rings. The van der Waals surface area contributed by atoms with Crippen LogP contribution in [0, 0.1) is 0 Å². The van der Waals surface area contributed by atoms with Gasteiger partial charge in [0.15, 0.2) is 0 Å². The molecule has 5 nitrogen and oxygen atoms in total. The second-order valence-electron chi connectivity index (χ2n) is 2.96. The molecule has 0 bridgehead atoms. The van der Waals surface area contributed by atoms with Crippen LogP contribution in [0.4, 0.5) is 4.79 Å². The van der Waals surface area contributed by atoms with Crippen molar-refractivity contribution in [3.05, 3.63) is 0 Å². The molecular weight excluding hydrogens is 198 g/mol. The molecule has 0 radical (unpaired) electrons. The van der Waals surface area contributed by atoms with E-state index in [4.69, 9.17) is 4.74 Å². The lowest BCUT2D eigenvalue weighted by Crippen LogP contribution is -2.42. The first-order chi connectivity index (χ1) is 7.15. The van der Waals surface area contributed by atoms with Crippen LogP contribution < -0.4 is 5.32 Å². The Bertz CT molecular complexity index is 206. The molecule has 1 N–H and O–H groups in total. The molecule has 0 rings (SSSR count). The number of alkyl carbamates (subject to hydrolysis) is 1. The van der Waals surface area contributed by atoms with E-state index in [-0.39, 0.29) is 6.61 Å². The van der Waals surface area contributed by atoms with Crippen molar-refractivity contribution in [2.45, 2.75) is 39.7 Å². The summed E-state index contributed by atoms with van der Waals surface area (Å²) in [6, 6.07) is -0.603. The Balaban J connectivity index is 4.13. The summed E-state index contributed by atoms with van der Waals surface area (Å²) in [5.74, 6) is -0.410. The van der Waals surface area contributed by atoms with Crippen LogP contribution in [-0.4, -0.2) is 31.3 Å². The molecule has 88 valence electrons. The van der Waals surface area contributed by atoms with Gasteiger partial charge in [-0.25, -0.2) is 9.59 Å². The maximum absolute atomic E-state index is 11.4. The summed E-state index contributed by atoms with van der Waals surface area (Å²) >= 11 is 0. The van der Waals surface area contributed by atoms with E-state index in [0.29, 0.717) is 13.0 Å². The molecule has 0 aliphatic rings. The minimum absolute atomic E-state index is 0.285. The van der Waals surface area contributed by atoms with Gasteiger partial charge in [-0.1, -0.05) is 13.3 Å². The third kappa shape index (κ3) is 5.93. The SMILES string of the molecule is CCC[C@H](NC(=O)OCC)C(=O)OCC. The van der Waals surface area contributed by atoms with Crippen LogP contribution in [0.2, 0.25) is 0 Å². The Labute approximate surface area is 90.1 Å². The van der Waals surface area contributed by atoms with Gasteiger partial charge in [0.05, 0.1) is 13.2 Å². The summed E-state index contributed by atoms with van der Waals surface area (Å²) in [7, 11) is 0. The van der Waals surface area contributed by atoms with Crippen molar-refractivity contribution in [2.24, 2.45) is 0 Å². The summed E-state index contributed by atoms with van der Waals surface area (Å²) in [5.41, 5.74) is 0. The first kappa shape index (κ1) is 13.7. The van der Waals surface area contributed by atoms with Crippen molar-refractivity contribution < 1.29 is 19.1 Å². The number of amides is 1. The highest BCUT2D eigenvalue weighted by Gasteiger charge is 2.21. The number of hydrogen-bond acceptors (Lipinski definition) is 4. The summed E-state index contributed by atoms with van der Waals surface area (Å²) in [6.45, 7) is 5.96. The van der Waals surface area contributed by atoms with E-state index >= 15 is 0 Å². The standard InChI is InChI=1S/C10H19NO4/c1-4-7-8(9(12)14-5-2)11-10(13)15-6-3/h8H,4-7H2,1-3H3,(H,11,13)/t8-/m0/s1. The number of rotatable bonds is 6. The maximum atomic E-state index is 11.4. The molecule has 0 saturated carbocycles. The predicted octanol–water partition coefficient (Wildman–Crippen LogP) is 1.46. The molecule has 0 spiro atoms. The third-order valence-electron chi connectivity index (χ3n) is 1.72. The van der Waals surface area contributed by atoms with Gasteiger partial charge in [-0.15, -0.1) is 0 Å². The second kappa shape index (κ2) is 8.08. The van der Waals surface area contributed by atoms with Crippen molar-refractivity contribution in [3.8, 4) is 0 Å². The molecule has 0 unspecified atom stereocenters. The Hall–Kier alpha value is -1.26. The van der Waals surface area contributed by atoms with Gasteiger partial charge in [0.2, 0.25) is 0 Å². The van der Waals surface area contributed by atoms with Crippen molar-refractivity contribution in [1.29, 1.82) is 0 Å². The molecule has 1 atom stereocenters. The highest BCUT2D eigenvalue weighted by Crippen LogP contribution is 2.00. The van der Waals surface area contributed by atoms with Crippen LogP contribution in [0.25, 0.3) is 0 Å². The van der Waals surface area contributed by atoms with Crippen molar-refractivity contribution in [1.82, 2.24) is 5.32 Å². The maximum Gasteiger partial charge on any atom is 0.407 e. The third-order valence-corrected chi connectivity index (χ3v) is 1.72. The van der Waals surface area contributed by atoms with E-state index < -0.39 is 18.1 Å². The van der Waals surface area contributed by atoms with Crippen molar-refractivity contribution in [3.63, 3.8) is 0 Å². The smallest absolute Gasteiger partial charge is 0.407 e. The molecule has 0 saturated heterocycles. The lowest BCUT2D eigenvalue weighted by molar-refractivity contribution is -0.145. The zero-order valence-corrected chi connectivity index (χ0v) is 9.54. The summed E-state index contributed by atoms with van der Waals surface area (Å²) < 4.78 is 9.52. The number of esters is 1. The van der Waals surface area contributed by atoms with Gasteiger partial charge in [0.25, 0.3) is 0 Å². The summed E-state index contributed by atoms with van der Waals surface area (Å²) in [4.78, 5) is 22.5. The molecule has 0 heterocycles. The fourth-order valence-corrected chi connectivity index (χ4v) is 1.10. The van der Waals surface area contributed by atoms with Gasteiger partial charge in [0.1, 0.15) is 6.04 Å². The van der Waals surface area contributed by atoms with Gasteiger partial charge in [-0.2, -0.15) is 0 Å². The highest BCUT2D eigenvalue weighted by molar-refractivity contribution is 5.81. The van der Waals surface area contributed by atoms with Crippen molar-refractivity contribution >= 4 is 12.1 Å². The fraction of sp³-hybridized carbons (Fsp3) is 0.800. The topological polar surface area (TPSA) is 64.6 Å². The van der Waals surface area contributed by atoms with Gasteiger partial charge >= 0.3 is 12.1 Å². The number of carbonyl (C=O) groups excluding carboxylic acids is 2. The molecule has 15 heavy (non-hydrogen) atoms. The first-order valence-corrected chi connectivity index (χ1v) is 5.25. The van der Waals surface area contributed by atoms with Gasteiger partial charge in [-0.05, 0) is 20.3 Å². The normalized spacial score (nSPS) is 11.7. The average Bonchev–Trinajstić information content (AvgIpc) is 2.18. The zero-order chi connectivity index (χ0) is 11.7. The quantitative estimate of drug-likeness (QED) is 0.684. The van der Waals surface area contributed by atoms with Crippen LogP contribution >= 0.6 is 0 Å². The molecular formula is C10H19NO4. The first-order valence-electron chi connectivity index (χ1n) is 5.25. The van der Waals surface area contributed by atoms with E-state index in [9.17, 15) is 9.59 Å². The number of carbonyl (C=O) groups is 2. The molecule has 0 aromatic heterocycles. The van der Waals surface area contributed by atoms with E-state index in [1.54, 1.807) is 13.8 Å². The largest absolute Gasteiger partial charge is 0.464 e.